The summed E-state index contributed by atoms with van der Waals surface area (Å²) in [4.78, 5) is 24.1. The zero-order valence-electron chi connectivity index (χ0n) is 25.0. The summed E-state index contributed by atoms with van der Waals surface area (Å²) in [7, 11) is 3.17. The first-order valence-corrected chi connectivity index (χ1v) is 14.4. The van der Waals surface area contributed by atoms with E-state index in [-0.39, 0.29) is 12.4 Å². The zero-order valence-corrected chi connectivity index (χ0v) is 25.0. The van der Waals surface area contributed by atoms with Crippen molar-refractivity contribution in [3.63, 3.8) is 0 Å². The van der Waals surface area contributed by atoms with Gasteiger partial charge in [0.05, 0.1) is 38.5 Å². The van der Waals surface area contributed by atoms with Crippen LogP contribution >= 0.6 is 0 Å². The zero-order chi connectivity index (χ0) is 31.4. The van der Waals surface area contributed by atoms with Gasteiger partial charge in [-0.15, -0.1) is 5.10 Å². The van der Waals surface area contributed by atoms with Crippen molar-refractivity contribution < 1.29 is 28.2 Å². The number of para-hydroxylation sites is 1. The summed E-state index contributed by atoms with van der Waals surface area (Å²) in [5, 5.41) is 9.15. The van der Waals surface area contributed by atoms with E-state index in [9.17, 15) is 9.59 Å². The minimum atomic E-state index is -0.437. The van der Waals surface area contributed by atoms with Gasteiger partial charge in [0.1, 0.15) is 29.4 Å². The van der Waals surface area contributed by atoms with Crippen LogP contribution in [0.15, 0.2) is 100 Å². The molecule has 0 radical (unpaired) electrons. The number of rotatable bonds is 15. The largest absolute Gasteiger partial charge is 0.497 e. The van der Waals surface area contributed by atoms with E-state index >= 15 is 0 Å². The van der Waals surface area contributed by atoms with Gasteiger partial charge in [-0.05, 0) is 72.5 Å². The fraction of sp³-hybridized carbons (Fsp3) is 0.200. The molecule has 0 N–H and O–H groups in total. The minimum absolute atomic E-state index is 0.147. The summed E-state index contributed by atoms with van der Waals surface area (Å²) in [5.41, 5.74) is 2.41. The maximum absolute atomic E-state index is 12.3. The van der Waals surface area contributed by atoms with Crippen molar-refractivity contribution in [1.29, 1.82) is 0 Å². The van der Waals surface area contributed by atoms with Gasteiger partial charge in [-0.3, -0.25) is 9.48 Å². The number of fused-ring (bicyclic) bond motifs is 1. The molecular formula is C35H33N3O7. The standard InChI is InChI=1S/C35H33N3O7/c1-41-29-9-7-8-25(20-29)12-15-28(39)16-13-26-14-17-32(34(21-26)42-2)44-24-27-23-38(37-36-27)18-5-6-19-43-33-22-35(40)45-31-11-4-3-10-30(31)33/h3-4,7-17,20-23H,5-6,18-19,24H2,1-2H3/b15-12+,16-13+. The van der Waals surface area contributed by atoms with E-state index < -0.39 is 5.63 Å². The van der Waals surface area contributed by atoms with Gasteiger partial charge in [0.15, 0.2) is 17.3 Å². The molecule has 5 rings (SSSR count). The number of hydrogen-bond donors (Lipinski definition) is 0. The van der Waals surface area contributed by atoms with Gasteiger partial charge in [-0.1, -0.05) is 47.7 Å². The number of benzene rings is 3. The number of carbonyl (C=O) groups excluding carboxylic acids is 1. The van der Waals surface area contributed by atoms with E-state index in [2.05, 4.69) is 10.3 Å². The third kappa shape index (κ3) is 8.70. The first kappa shape index (κ1) is 30.8. The SMILES string of the molecule is COc1cccc(/C=C/C(=O)/C=C/c2ccc(OCc3cn(CCCCOc4cc(=O)oc5ccccc45)nn3)c(OC)c2)c1. The van der Waals surface area contributed by atoms with E-state index in [1.54, 1.807) is 49.3 Å². The molecule has 230 valence electrons. The topological polar surface area (TPSA) is 115 Å². The summed E-state index contributed by atoms with van der Waals surface area (Å²) < 4.78 is 29.5. The van der Waals surface area contributed by atoms with E-state index in [0.29, 0.717) is 41.7 Å². The molecule has 10 nitrogen and oxygen atoms in total. The molecule has 0 aliphatic heterocycles. The number of aryl methyl sites for hydroxylation is 1. The monoisotopic (exact) mass is 607 g/mol. The highest BCUT2D eigenvalue weighted by Crippen LogP contribution is 2.29. The highest BCUT2D eigenvalue weighted by molar-refractivity contribution is 6.04. The van der Waals surface area contributed by atoms with Crippen molar-refractivity contribution in [1.82, 2.24) is 15.0 Å². The molecule has 3 aromatic carbocycles. The fourth-order valence-electron chi connectivity index (χ4n) is 4.49. The summed E-state index contributed by atoms with van der Waals surface area (Å²) >= 11 is 0. The fourth-order valence-corrected chi connectivity index (χ4v) is 4.49. The summed E-state index contributed by atoms with van der Waals surface area (Å²) in [6.45, 7) is 1.33. The number of ether oxygens (including phenoxy) is 4. The lowest BCUT2D eigenvalue weighted by atomic mass is 10.1. The third-order valence-corrected chi connectivity index (χ3v) is 6.77. The normalized spacial score (nSPS) is 11.3. The Kier molecular flexibility index (Phi) is 10.4. The number of carbonyl (C=O) groups is 1. The highest BCUT2D eigenvalue weighted by Gasteiger charge is 2.09. The van der Waals surface area contributed by atoms with Crippen molar-refractivity contribution in [2.24, 2.45) is 0 Å². The third-order valence-electron chi connectivity index (χ3n) is 6.77. The average molecular weight is 608 g/mol. The van der Waals surface area contributed by atoms with Crippen molar-refractivity contribution in [2.45, 2.75) is 26.0 Å². The van der Waals surface area contributed by atoms with Gasteiger partial charge in [-0.25, -0.2) is 4.79 Å². The first-order chi connectivity index (χ1) is 22.0. The molecule has 2 aromatic heterocycles. The van der Waals surface area contributed by atoms with Gasteiger partial charge < -0.3 is 23.4 Å². The number of ketones is 1. The van der Waals surface area contributed by atoms with E-state index in [4.69, 9.17) is 23.4 Å². The number of methoxy groups -OCH3 is 2. The molecule has 5 aromatic rings. The van der Waals surface area contributed by atoms with Crippen molar-refractivity contribution >= 4 is 28.9 Å². The summed E-state index contributed by atoms with van der Waals surface area (Å²) in [6, 6.07) is 21.6. The molecule has 0 aliphatic carbocycles. The van der Waals surface area contributed by atoms with Gasteiger partial charge in [-0.2, -0.15) is 0 Å². The molecule has 0 spiro atoms. The minimum Gasteiger partial charge on any atom is -0.497 e. The Bertz CT molecular complexity index is 1870. The van der Waals surface area contributed by atoms with Crippen LogP contribution in [0.4, 0.5) is 0 Å². The van der Waals surface area contributed by atoms with Gasteiger partial charge in [0.2, 0.25) is 0 Å². The van der Waals surface area contributed by atoms with Crippen LogP contribution in [-0.4, -0.2) is 41.6 Å². The number of aromatic nitrogens is 3. The van der Waals surface area contributed by atoms with Crippen LogP contribution in [0, 0.1) is 0 Å². The van der Waals surface area contributed by atoms with Crippen LogP contribution in [0.25, 0.3) is 23.1 Å². The number of unbranched alkanes of at least 4 members (excludes halogenated alkanes) is 1. The second-order valence-corrected chi connectivity index (χ2v) is 10.00. The number of allylic oxidation sites excluding steroid dienone is 2. The van der Waals surface area contributed by atoms with Crippen molar-refractivity contribution in [2.75, 3.05) is 20.8 Å². The number of nitrogens with zero attached hydrogens (tertiary/aromatic N) is 3. The molecule has 0 saturated carbocycles. The van der Waals surface area contributed by atoms with E-state index in [1.807, 2.05) is 54.7 Å². The van der Waals surface area contributed by atoms with Crippen LogP contribution < -0.4 is 24.6 Å². The quantitative estimate of drug-likeness (QED) is 0.0787. The maximum atomic E-state index is 12.3. The molecule has 2 heterocycles. The molecule has 0 fully saturated rings. The Balaban J connectivity index is 1.07. The van der Waals surface area contributed by atoms with Crippen LogP contribution in [0.5, 0.6) is 23.0 Å². The van der Waals surface area contributed by atoms with Gasteiger partial charge in [0.25, 0.3) is 0 Å². The lowest BCUT2D eigenvalue weighted by Gasteiger charge is -2.10. The maximum Gasteiger partial charge on any atom is 0.339 e. The lowest BCUT2D eigenvalue weighted by molar-refractivity contribution is -0.110. The Morgan fingerprint density at radius 2 is 1.67 bits per heavy atom. The molecule has 10 heteroatoms. The predicted octanol–water partition coefficient (Wildman–Crippen LogP) is 6.14. The molecule has 0 bridgehead atoms. The number of hydrogen-bond acceptors (Lipinski definition) is 9. The van der Waals surface area contributed by atoms with Crippen LogP contribution in [0.3, 0.4) is 0 Å². The van der Waals surface area contributed by atoms with E-state index in [0.717, 1.165) is 35.1 Å². The van der Waals surface area contributed by atoms with Gasteiger partial charge in [0, 0.05) is 6.54 Å². The Morgan fingerprint density at radius 3 is 2.49 bits per heavy atom. The van der Waals surface area contributed by atoms with E-state index in [1.165, 1.54) is 18.2 Å². The predicted molar refractivity (Wildman–Crippen MR) is 171 cm³/mol. The Hall–Kier alpha value is -5.64. The van der Waals surface area contributed by atoms with Crippen molar-refractivity contribution in [3.05, 3.63) is 118 Å². The Morgan fingerprint density at radius 1 is 0.844 bits per heavy atom. The molecule has 0 saturated heterocycles. The Labute approximate surface area is 260 Å². The lowest BCUT2D eigenvalue weighted by Crippen LogP contribution is -2.05. The first-order valence-electron chi connectivity index (χ1n) is 14.4. The molecule has 0 amide bonds. The van der Waals surface area contributed by atoms with Crippen LogP contribution in [0.1, 0.15) is 29.7 Å². The van der Waals surface area contributed by atoms with Crippen LogP contribution in [-0.2, 0) is 17.9 Å². The summed E-state index contributed by atoms with van der Waals surface area (Å²) in [5.74, 6) is 2.19. The van der Waals surface area contributed by atoms with Gasteiger partial charge >= 0.3 is 5.63 Å². The average Bonchev–Trinajstić information content (AvgIpc) is 3.53. The molecule has 0 aliphatic rings. The van der Waals surface area contributed by atoms with Crippen LogP contribution in [0.2, 0.25) is 0 Å². The summed E-state index contributed by atoms with van der Waals surface area (Å²) in [6.07, 6.45) is 9.89. The molecule has 0 atom stereocenters. The van der Waals surface area contributed by atoms with Crippen molar-refractivity contribution in [3.8, 4) is 23.0 Å². The molecular weight excluding hydrogens is 574 g/mol. The molecule has 45 heavy (non-hydrogen) atoms. The molecule has 0 unspecified atom stereocenters. The second kappa shape index (κ2) is 15.2. The second-order valence-electron chi connectivity index (χ2n) is 10.00. The highest BCUT2D eigenvalue weighted by atomic mass is 16.5. The smallest absolute Gasteiger partial charge is 0.339 e.